The van der Waals surface area contributed by atoms with Crippen LogP contribution in [0.4, 0.5) is 5.95 Å². The molecule has 0 amide bonds. The van der Waals surface area contributed by atoms with Gasteiger partial charge < -0.3 is 15.2 Å². The first-order valence-electron chi connectivity index (χ1n) is 10.1. The Labute approximate surface area is 183 Å². The van der Waals surface area contributed by atoms with Gasteiger partial charge in [0.1, 0.15) is 0 Å². The summed E-state index contributed by atoms with van der Waals surface area (Å²) in [7, 11) is 2.92. The number of imidazole rings is 1. The number of carbonyl (C=O) groups is 1. The molecule has 0 radical (unpaired) electrons. The zero-order chi connectivity index (χ0) is 22.8. The van der Waals surface area contributed by atoms with E-state index in [0.717, 1.165) is 15.7 Å². The SMILES string of the molecule is Cn1c(=O)c2c(nc(N[C@H](Cc3ccccc3)C(=O)[O-])n2Cc2ccccc2)n(C)c1=O. The summed E-state index contributed by atoms with van der Waals surface area (Å²) in [6, 6.07) is 17.5. The van der Waals surface area contributed by atoms with Crippen LogP contribution < -0.4 is 21.7 Å². The van der Waals surface area contributed by atoms with Crippen molar-refractivity contribution in [3.8, 4) is 0 Å². The molecule has 0 aliphatic heterocycles. The first kappa shape index (κ1) is 21.1. The fourth-order valence-corrected chi connectivity index (χ4v) is 3.68. The first-order chi connectivity index (χ1) is 15.4. The summed E-state index contributed by atoms with van der Waals surface area (Å²) in [5.41, 5.74) is 1.06. The molecule has 164 valence electrons. The number of fused-ring (bicyclic) bond motifs is 1. The molecule has 0 aliphatic rings. The Hall–Kier alpha value is -4.14. The zero-order valence-corrected chi connectivity index (χ0v) is 17.7. The predicted molar refractivity (Wildman–Crippen MR) is 118 cm³/mol. The number of carboxylic acids is 1. The van der Waals surface area contributed by atoms with Gasteiger partial charge in [0, 0.05) is 14.1 Å². The third kappa shape index (κ3) is 3.92. The number of aliphatic carboxylic acids is 1. The Balaban J connectivity index is 1.85. The Morgan fingerprint density at radius 2 is 1.56 bits per heavy atom. The highest BCUT2D eigenvalue weighted by Gasteiger charge is 2.22. The molecule has 0 aliphatic carbocycles. The van der Waals surface area contributed by atoms with Crippen LogP contribution in [-0.4, -0.2) is 30.7 Å². The monoisotopic (exact) mass is 432 g/mol. The Kier molecular flexibility index (Phi) is 5.63. The van der Waals surface area contributed by atoms with E-state index in [4.69, 9.17) is 0 Å². The molecule has 4 rings (SSSR count). The second-order valence-corrected chi connectivity index (χ2v) is 7.59. The lowest BCUT2D eigenvalue weighted by Gasteiger charge is -2.21. The molecule has 2 aromatic heterocycles. The number of aromatic nitrogens is 4. The van der Waals surface area contributed by atoms with Crippen LogP contribution in [0.15, 0.2) is 70.3 Å². The van der Waals surface area contributed by atoms with Gasteiger partial charge in [0.15, 0.2) is 11.2 Å². The molecule has 32 heavy (non-hydrogen) atoms. The van der Waals surface area contributed by atoms with Crippen LogP contribution in [0.2, 0.25) is 0 Å². The Bertz CT molecular complexity index is 1390. The van der Waals surface area contributed by atoms with E-state index in [1.165, 1.54) is 18.7 Å². The van der Waals surface area contributed by atoms with Gasteiger partial charge >= 0.3 is 5.69 Å². The lowest BCUT2D eigenvalue weighted by Crippen LogP contribution is -2.43. The number of hydrogen-bond acceptors (Lipinski definition) is 6. The highest BCUT2D eigenvalue weighted by molar-refractivity contribution is 5.78. The van der Waals surface area contributed by atoms with Crippen molar-refractivity contribution < 1.29 is 9.90 Å². The summed E-state index contributed by atoms with van der Waals surface area (Å²) < 4.78 is 3.89. The number of aryl methyl sites for hydroxylation is 1. The lowest BCUT2D eigenvalue weighted by molar-refractivity contribution is -0.306. The van der Waals surface area contributed by atoms with Gasteiger partial charge in [-0.05, 0) is 17.5 Å². The van der Waals surface area contributed by atoms with E-state index in [0.29, 0.717) is 0 Å². The van der Waals surface area contributed by atoms with Crippen LogP contribution in [0.3, 0.4) is 0 Å². The zero-order valence-electron chi connectivity index (χ0n) is 17.7. The smallest absolute Gasteiger partial charge is 0.332 e. The molecule has 0 spiro atoms. The topological polar surface area (TPSA) is 114 Å². The number of carboxylic acid groups (broad SMARTS) is 1. The van der Waals surface area contributed by atoms with Crippen LogP contribution in [0.5, 0.6) is 0 Å². The molecular weight excluding hydrogens is 410 g/mol. The summed E-state index contributed by atoms with van der Waals surface area (Å²) in [5, 5.41) is 14.8. The van der Waals surface area contributed by atoms with E-state index < -0.39 is 23.3 Å². The number of carbonyl (C=O) groups excluding carboxylic acids is 1. The van der Waals surface area contributed by atoms with Gasteiger partial charge in [-0.25, -0.2) is 4.79 Å². The van der Waals surface area contributed by atoms with E-state index >= 15 is 0 Å². The van der Waals surface area contributed by atoms with E-state index in [9.17, 15) is 19.5 Å². The van der Waals surface area contributed by atoms with Crippen molar-refractivity contribution in [3.05, 3.63) is 92.6 Å². The van der Waals surface area contributed by atoms with Crippen LogP contribution >= 0.6 is 0 Å². The van der Waals surface area contributed by atoms with Gasteiger partial charge in [-0.15, -0.1) is 0 Å². The second kappa shape index (κ2) is 8.54. The molecule has 1 N–H and O–H groups in total. The number of nitrogens with one attached hydrogen (secondary N) is 1. The van der Waals surface area contributed by atoms with Crippen molar-refractivity contribution in [2.75, 3.05) is 5.32 Å². The average molecular weight is 432 g/mol. The summed E-state index contributed by atoms with van der Waals surface area (Å²) in [6.45, 7) is 0.262. The van der Waals surface area contributed by atoms with Crippen LogP contribution in [0.1, 0.15) is 11.1 Å². The van der Waals surface area contributed by atoms with Crippen molar-refractivity contribution in [1.82, 2.24) is 18.7 Å². The normalized spacial score (nSPS) is 12.1. The third-order valence-corrected chi connectivity index (χ3v) is 5.40. The van der Waals surface area contributed by atoms with E-state index in [-0.39, 0.29) is 30.1 Å². The molecule has 2 aromatic carbocycles. The van der Waals surface area contributed by atoms with E-state index in [1.807, 2.05) is 60.7 Å². The summed E-state index contributed by atoms with van der Waals surface area (Å²) in [6.07, 6.45) is 0.161. The number of hydrogen-bond donors (Lipinski definition) is 1. The lowest BCUT2D eigenvalue weighted by atomic mass is 10.1. The molecule has 2 heterocycles. The molecule has 0 unspecified atom stereocenters. The van der Waals surface area contributed by atoms with E-state index in [1.54, 1.807) is 4.57 Å². The minimum Gasteiger partial charge on any atom is -0.548 e. The van der Waals surface area contributed by atoms with E-state index in [2.05, 4.69) is 10.3 Å². The van der Waals surface area contributed by atoms with Crippen LogP contribution in [-0.2, 0) is 31.9 Å². The van der Waals surface area contributed by atoms with Crippen LogP contribution in [0.25, 0.3) is 11.2 Å². The Morgan fingerprint density at radius 1 is 0.969 bits per heavy atom. The van der Waals surface area contributed by atoms with Crippen molar-refractivity contribution in [2.24, 2.45) is 14.1 Å². The van der Waals surface area contributed by atoms with Gasteiger partial charge in [0.05, 0.1) is 18.6 Å². The predicted octanol–water partition coefficient (Wildman–Crippen LogP) is 0.255. The Morgan fingerprint density at radius 3 is 2.16 bits per heavy atom. The molecular formula is C23H22N5O4-. The fourth-order valence-electron chi connectivity index (χ4n) is 3.68. The standard InChI is InChI=1S/C23H23N5O4/c1-26-19-18(20(29)27(2)23(26)32)28(14-16-11-7-4-8-12-16)22(25-19)24-17(21(30)31)13-15-9-5-3-6-10-15/h3-12,17H,13-14H2,1-2H3,(H,24,25)(H,30,31)/p-1/t17-/m1/s1. The average Bonchev–Trinajstić information content (AvgIpc) is 3.15. The number of rotatable bonds is 7. The first-order valence-corrected chi connectivity index (χ1v) is 10.1. The largest absolute Gasteiger partial charge is 0.548 e. The van der Waals surface area contributed by atoms with Gasteiger partial charge in [-0.3, -0.25) is 18.5 Å². The highest BCUT2D eigenvalue weighted by Crippen LogP contribution is 2.19. The minimum absolute atomic E-state index is 0.161. The number of anilines is 1. The van der Waals surface area contributed by atoms with Gasteiger partial charge in [0.25, 0.3) is 5.56 Å². The van der Waals surface area contributed by atoms with Crippen molar-refractivity contribution in [1.29, 1.82) is 0 Å². The number of benzene rings is 2. The fraction of sp³-hybridized carbons (Fsp3) is 0.217. The maximum absolute atomic E-state index is 13.0. The number of nitrogens with zero attached hydrogens (tertiary/aromatic N) is 4. The quantitative estimate of drug-likeness (QED) is 0.448. The molecule has 1 atom stereocenters. The summed E-state index contributed by atoms with van der Waals surface area (Å²) in [4.78, 5) is 41.7. The second-order valence-electron chi connectivity index (χ2n) is 7.59. The molecule has 0 saturated carbocycles. The van der Waals surface area contributed by atoms with Crippen LogP contribution in [0, 0.1) is 0 Å². The van der Waals surface area contributed by atoms with Gasteiger partial charge in [-0.2, -0.15) is 4.98 Å². The maximum atomic E-state index is 13.0. The molecule has 0 saturated heterocycles. The van der Waals surface area contributed by atoms with Gasteiger partial charge in [-0.1, -0.05) is 60.7 Å². The minimum atomic E-state index is -1.30. The highest BCUT2D eigenvalue weighted by atomic mass is 16.4. The van der Waals surface area contributed by atoms with Crippen molar-refractivity contribution in [2.45, 2.75) is 19.0 Å². The van der Waals surface area contributed by atoms with Crippen molar-refractivity contribution in [3.63, 3.8) is 0 Å². The molecule has 0 fully saturated rings. The molecule has 0 bridgehead atoms. The maximum Gasteiger partial charge on any atom is 0.332 e. The molecule has 9 heteroatoms. The third-order valence-electron chi connectivity index (χ3n) is 5.40. The summed E-state index contributed by atoms with van der Waals surface area (Å²) >= 11 is 0. The molecule has 9 nitrogen and oxygen atoms in total. The van der Waals surface area contributed by atoms with Gasteiger partial charge in [0.2, 0.25) is 5.95 Å². The molecule has 4 aromatic rings. The van der Waals surface area contributed by atoms with Crippen molar-refractivity contribution >= 4 is 23.1 Å². The summed E-state index contributed by atoms with van der Waals surface area (Å²) in [5.74, 6) is -1.12.